The van der Waals surface area contributed by atoms with Gasteiger partial charge in [0.1, 0.15) is 11.2 Å². The molecular weight excluding hydrogens is 278 g/mol. The Hall–Kier alpha value is -2.10. The lowest BCUT2D eigenvalue weighted by atomic mass is 9.87. The first kappa shape index (κ1) is 14.8. The van der Waals surface area contributed by atoms with Crippen LogP contribution in [0.4, 0.5) is 0 Å². The van der Waals surface area contributed by atoms with Crippen molar-refractivity contribution in [2.24, 2.45) is 0 Å². The van der Waals surface area contributed by atoms with Crippen molar-refractivity contribution in [1.82, 2.24) is 5.32 Å². The predicted molar refractivity (Wildman–Crippen MR) is 83.1 cm³/mol. The van der Waals surface area contributed by atoms with E-state index in [-0.39, 0.29) is 17.5 Å². The molecule has 1 N–H and O–H groups in total. The summed E-state index contributed by atoms with van der Waals surface area (Å²) in [6.07, 6.45) is 2.97. The van der Waals surface area contributed by atoms with E-state index in [4.69, 9.17) is 4.74 Å². The molecule has 1 atom stereocenters. The molecule has 0 radical (unpaired) electrons. The maximum absolute atomic E-state index is 12.6. The number of rotatable bonds is 2. The van der Waals surface area contributed by atoms with Gasteiger partial charge in [0.15, 0.2) is 0 Å². The molecule has 22 heavy (non-hydrogen) atoms. The second kappa shape index (κ2) is 5.27. The fraction of sp³-hybridized carbons (Fsp3) is 0.444. The Kier molecular flexibility index (Phi) is 3.55. The highest BCUT2D eigenvalue weighted by Gasteiger charge is 2.41. The predicted octanol–water partition coefficient (Wildman–Crippen LogP) is 2.83. The van der Waals surface area contributed by atoms with Crippen LogP contribution in [0, 0.1) is 0 Å². The van der Waals surface area contributed by atoms with E-state index in [2.05, 4.69) is 17.4 Å². The molecule has 1 unspecified atom stereocenters. The number of esters is 1. The third-order valence-corrected chi connectivity index (χ3v) is 4.73. The number of hydrogen-bond donors (Lipinski definition) is 1. The SMILES string of the molecule is CC1=C(C(=O)NC2CCCc3ccccc32)C(=O)OC1(C)C. The van der Waals surface area contributed by atoms with Crippen molar-refractivity contribution in [2.75, 3.05) is 0 Å². The molecule has 2 aliphatic rings. The number of hydrogen-bond acceptors (Lipinski definition) is 3. The Morgan fingerprint density at radius 3 is 2.73 bits per heavy atom. The third-order valence-electron chi connectivity index (χ3n) is 4.73. The fourth-order valence-electron chi connectivity index (χ4n) is 3.21. The number of amides is 1. The number of carbonyl (C=O) groups is 2. The molecule has 116 valence electrons. The topological polar surface area (TPSA) is 55.4 Å². The molecule has 1 amide bonds. The van der Waals surface area contributed by atoms with Gasteiger partial charge in [-0.2, -0.15) is 0 Å². The minimum absolute atomic E-state index is 0.0331. The number of carbonyl (C=O) groups excluding carboxylic acids is 2. The largest absolute Gasteiger partial charge is 0.451 e. The summed E-state index contributed by atoms with van der Waals surface area (Å²) in [5.41, 5.74) is 2.59. The van der Waals surface area contributed by atoms with Crippen molar-refractivity contribution in [2.45, 2.75) is 51.7 Å². The van der Waals surface area contributed by atoms with Crippen molar-refractivity contribution in [1.29, 1.82) is 0 Å². The molecule has 1 aromatic carbocycles. The summed E-state index contributed by atoms with van der Waals surface area (Å²) in [7, 11) is 0. The molecule has 4 nitrogen and oxygen atoms in total. The second-order valence-corrected chi connectivity index (χ2v) is 6.52. The van der Waals surface area contributed by atoms with Crippen LogP contribution in [0.2, 0.25) is 0 Å². The molecule has 1 aliphatic carbocycles. The van der Waals surface area contributed by atoms with Gasteiger partial charge in [-0.15, -0.1) is 0 Å². The zero-order valence-corrected chi connectivity index (χ0v) is 13.2. The maximum Gasteiger partial charge on any atom is 0.344 e. The zero-order chi connectivity index (χ0) is 15.9. The average Bonchev–Trinajstić information content (AvgIpc) is 2.67. The van der Waals surface area contributed by atoms with Gasteiger partial charge in [0, 0.05) is 0 Å². The molecule has 0 bridgehead atoms. The Balaban J connectivity index is 1.85. The van der Waals surface area contributed by atoms with Crippen LogP contribution in [0.3, 0.4) is 0 Å². The summed E-state index contributed by atoms with van der Waals surface area (Å²) in [5.74, 6) is -0.848. The molecule has 0 saturated heterocycles. The molecule has 1 heterocycles. The highest BCUT2D eigenvalue weighted by molar-refractivity contribution is 6.18. The van der Waals surface area contributed by atoms with Gasteiger partial charge < -0.3 is 10.1 Å². The number of aryl methyl sites for hydroxylation is 1. The van der Waals surface area contributed by atoms with Crippen molar-refractivity contribution in [3.63, 3.8) is 0 Å². The van der Waals surface area contributed by atoms with Crippen LogP contribution in [0.15, 0.2) is 35.4 Å². The summed E-state index contributed by atoms with van der Waals surface area (Å²) in [6.45, 7) is 5.39. The van der Waals surface area contributed by atoms with Crippen LogP contribution in [0.1, 0.15) is 50.8 Å². The molecular formula is C18H21NO3. The standard InChI is InChI=1S/C18H21NO3/c1-11-15(17(21)22-18(11,2)3)16(20)19-14-10-6-8-12-7-4-5-9-13(12)14/h4-5,7,9,14H,6,8,10H2,1-3H3,(H,19,20). The number of fused-ring (bicyclic) bond motifs is 1. The molecule has 1 aromatic rings. The minimum atomic E-state index is -0.700. The molecule has 0 saturated carbocycles. The summed E-state index contributed by atoms with van der Waals surface area (Å²) in [6, 6.07) is 8.13. The first-order valence-corrected chi connectivity index (χ1v) is 7.73. The van der Waals surface area contributed by atoms with Crippen LogP contribution in [-0.2, 0) is 20.7 Å². The van der Waals surface area contributed by atoms with E-state index in [0.29, 0.717) is 5.57 Å². The van der Waals surface area contributed by atoms with E-state index in [1.54, 1.807) is 20.8 Å². The quantitative estimate of drug-likeness (QED) is 0.675. The van der Waals surface area contributed by atoms with E-state index in [1.165, 1.54) is 5.56 Å². The highest BCUT2D eigenvalue weighted by Crippen LogP contribution is 2.34. The van der Waals surface area contributed by atoms with Crippen LogP contribution >= 0.6 is 0 Å². The number of ether oxygens (including phenoxy) is 1. The van der Waals surface area contributed by atoms with E-state index >= 15 is 0 Å². The van der Waals surface area contributed by atoms with Gasteiger partial charge in [0.25, 0.3) is 5.91 Å². The van der Waals surface area contributed by atoms with Crippen molar-refractivity contribution < 1.29 is 14.3 Å². The summed E-state index contributed by atoms with van der Waals surface area (Å²) in [5, 5.41) is 3.02. The van der Waals surface area contributed by atoms with Crippen molar-refractivity contribution >= 4 is 11.9 Å². The van der Waals surface area contributed by atoms with Gasteiger partial charge in [-0.05, 0) is 56.7 Å². The van der Waals surface area contributed by atoms with Crippen LogP contribution in [0.5, 0.6) is 0 Å². The van der Waals surface area contributed by atoms with Crippen LogP contribution in [-0.4, -0.2) is 17.5 Å². The van der Waals surface area contributed by atoms with Gasteiger partial charge in [0.05, 0.1) is 6.04 Å². The monoisotopic (exact) mass is 299 g/mol. The van der Waals surface area contributed by atoms with E-state index in [9.17, 15) is 9.59 Å². The van der Waals surface area contributed by atoms with E-state index < -0.39 is 11.6 Å². The first-order chi connectivity index (χ1) is 10.4. The fourth-order valence-corrected chi connectivity index (χ4v) is 3.21. The summed E-state index contributed by atoms with van der Waals surface area (Å²) < 4.78 is 5.28. The van der Waals surface area contributed by atoms with Gasteiger partial charge >= 0.3 is 5.97 Å². The highest BCUT2D eigenvalue weighted by atomic mass is 16.6. The van der Waals surface area contributed by atoms with Crippen molar-refractivity contribution in [3.05, 3.63) is 46.5 Å². The van der Waals surface area contributed by atoms with Gasteiger partial charge in [-0.3, -0.25) is 4.79 Å². The van der Waals surface area contributed by atoms with Gasteiger partial charge in [-0.1, -0.05) is 24.3 Å². The Morgan fingerprint density at radius 2 is 2.05 bits per heavy atom. The first-order valence-electron chi connectivity index (χ1n) is 7.73. The number of cyclic esters (lactones) is 1. The average molecular weight is 299 g/mol. The molecule has 1 aliphatic heterocycles. The molecule has 3 rings (SSSR count). The molecule has 0 aromatic heterocycles. The van der Waals surface area contributed by atoms with E-state index in [1.807, 2.05) is 12.1 Å². The molecule has 4 heteroatoms. The smallest absolute Gasteiger partial charge is 0.344 e. The number of benzene rings is 1. The normalized spacial score (nSPS) is 23.0. The lowest BCUT2D eigenvalue weighted by molar-refractivity contribution is -0.145. The summed E-state index contributed by atoms with van der Waals surface area (Å²) >= 11 is 0. The molecule has 0 fully saturated rings. The molecule has 0 spiro atoms. The van der Waals surface area contributed by atoms with Crippen LogP contribution in [0.25, 0.3) is 0 Å². The second-order valence-electron chi connectivity index (χ2n) is 6.52. The lowest BCUT2D eigenvalue weighted by Crippen LogP contribution is -2.33. The van der Waals surface area contributed by atoms with Crippen molar-refractivity contribution in [3.8, 4) is 0 Å². The Labute approximate surface area is 130 Å². The number of nitrogens with one attached hydrogen (secondary N) is 1. The lowest BCUT2D eigenvalue weighted by Gasteiger charge is -2.26. The van der Waals surface area contributed by atoms with Gasteiger partial charge in [-0.25, -0.2) is 4.79 Å². The minimum Gasteiger partial charge on any atom is -0.451 e. The van der Waals surface area contributed by atoms with Crippen LogP contribution < -0.4 is 5.32 Å². The Morgan fingerprint density at radius 1 is 1.32 bits per heavy atom. The third kappa shape index (κ3) is 2.43. The zero-order valence-electron chi connectivity index (χ0n) is 13.2. The summed E-state index contributed by atoms with van der Waals surface area (Å²) in [4.78, 5) is 24.6. The maximum atomic E-state index is 12.6. The Bertz CT molecular complexity index is 673. The van der Waals surface area contributed by atoms with Gasteiger partial charge in [0.2, 0.25) is 0 Å². The van der Waals surface area contributed by atoms with E-state index in [0.717, 1.165) is 24.8 Å².